The summed E-state index contributed by atoms with van der Waals surface area (Å²) in [5.74, 6) is 0. The van der Waals surface area contributed by atoms with Crippen LogP contribution in [0.3, 0.4) is 0 Å². The minimum Gasteiger partial charge on any atom is -1.00 e. The maximum atomic E-state index is 2.70. The van der Waals surface area contributed by atoms with Gasteiger partial charge < -0.3 is 24.8 Å². The fourth-order valence-corrected chi connectivity index (χ4v) is 14.5. The molecule has 1 saturated carbocycles. The number of hydrogen-bond acceptors (Lipinski definition) is 0. The molecule has 2 aromatic carbocycles. The van der Waals surface area contributed by atoms with Crippen LogP contribution in [0.15, 0.2) is 51.8 Å². The van der Waals surface area contributed by atoms with Gasteiger partial charge in [0, 0.05) is 0 Å². The third kappa shape index (κ3) is 5.95. The largest absolute Gasteiger partial charge is 1.00 e. The molecule has 0 spiro atoms. The molecule has 0 radical (unpaired) electrons. The summed E-state index contributed by atoms with van der Waals surface area (Å²) < 4.78 is 5.62. The zero-order valence-corrected chi connectivity index (χ0v) is 27.0. The van der Waals surface area contributed by atoms with E-state index < -0.39 is 21.3 Å². The van der Waals surface area contributed by atoms with E-state index in [4.69, 9.17) is 0 Å². The van der Waals surface area contributed by atoms with Crippen LogP contribution in [0.25, 0.3) is 11.1 Å². The minimum absolute atomic E-state index is 0. The van der Waals surface area contributed by atoms with Gasteiger partial charge in [0.25, 0.3) is 0 Å². The standard InChI is InChI=1S/C21H25.C7H12.C5H5.2ClH.Zr/c1-20(2,3)16-9-7-14-11-15-8-10-17(21(4,5)6)13-19(15)18(14)12-16;1-2-4-6-7-5-3-1;1-2-4-5-3-1;;;/h7,9-10,12-13H,11H2,1-6H3;1-6H2;1-3H,4H2;2*1H;/q;;;;;+2/p-2. The zero-order chi connectivity index (χ0) is 24.1. The van der Waals surface area contributed by atoms with Crippen LogP contribution in [0.2, 0.25) is 0 Å². The monoisotopic (exact) mass is 598 g/mol. The van der Waals surface area contributed by atoms with Gasteiger partial charge in [-0.3, -0.25) is 0 Å². The molecule has 2 aromatic rings. The average molecular weight is 601 g/mol. The number of fused-ring (bicyclic) bond motifs is 3. The number of rotatable bonds is 2. The predicted molar refractivity (Wildman–Crippen MR) is 146 cm³/mol. The number of allylic oxidation sites excluding steroid dienone is 4. The van der Waals surface area contributed by atoms with Gasteiger partial charge in [-0.25, -0.2) is 0 Å². The van der Waals surface area contributed by atoms with E-state index in [1.165, 1.54) is 61.6 Å². The van der Waals surface area contributed by atoms with Crippen molar-refractivity contribution < 1.29 is 46.1 Å². The Morgan fingerprint density at radius 2 is 1.36 bits per heavy atom. The van der Waals surface area contributed by atoms with Crippen molar-refractivity contribution in [2.45, 2.75) is 104 Å². The Morgan fingerprint density at radius 1 is 0.722 bits per heavy atom. The predicted octanol–water partition coefficient (Wildman–Crippen LogP) is 2.47. The molecule has 0 nitrogen and oxygen atoms in total. The summed E-state index contributed by atoms with van der Waals surface area (Å²) in [7, 11) is 0. The zero-order valence-electron chi connectivity index (χ0n) is 23.0. The molecule has 0 saturated heterocycles. The summed E-state index contributed by atoms with van der Waals surface area (Å²) in [5.41, 5.74) is 9.65. The molecule has 0 bridgehead atoms. The Hall–Kier alpha value is -0.747. The van der Waals surface area contributed by atoms with E-state index >= 15 is 0 Å². The minimum atomic E-state index is -2.13. The number of benzene rings is 2. The Labute approximate surface area is 240 Å². The summed E-state index contributed by atoms with van der Waals surface area (Å²) in [5, 5.41) is 0. The molecule has 0 heterocycles. The van der Waals surface area contributed by atoms with Crippen molar-refractivity contribution in [3.8, 4) is 11.1 Å². The molecule has 0 aromatic heterocycles. The van der Waals surface area contributed by atoms with Crippen LogP contribution in [0.5, 0.6) is 0 Å². The molecule has 0 unspecified atom stereocenters. The van der Waals surface area contributed by atoms with Gasteiger partial charge in [-0.2, -0.15) is 0 Å². The first-order valence-electron chi connectivity index (χ1n) is 13.5. The van der Waals surface area contributed by atoms with Crippen molar-refractivity contribution >= 4 is 6.48 Å². The third-order valence-electron chi connectivity index (χ3n) is 8.17. The molecule has 0 aliphatic heterocycles. The van der Waals surface area contributed by atoms with Gasteiger partial charge in [-0.1, -0.05) is 0 Å². The molecule has 3 heteroatoms. The molecule has 3 aliphatic carbocycles. The third-order valence-corrected chi connectivity index (χ3v) is 16.0. The fourth-order valence-electron chi connectivity index (χ4n) is 6.03. The van der Waals surface area contributed by atoms with Crippen molar-refractivity contribution in [1.29, 1.82) is 0 Å². The molecular formula is C33H42Cl2Zr. The van der Waals surface area contributed by atoms with Crippen LogP contribution < -0.4 is 28.1 Å². The fraction of sp³-hybridized carbons (Fsp3) is 0.485. The molecule has 192 valence electrons. The summed E-state index contributed by atoms with van der Waals surface area (Å²) in [6, 6.07) is 12.6. The summed E-state index contributed by atoms with van der Waals surface area (Å²) in [6.07, 6.45) is 18.1. The van der Waals surface area contributed by atoms with E-state index in [0.717, 1.165) is 6.42 Å². The van der Waals surface area contributed by atoms with Crippen molar-refractivity contribution in [1.82, 2.24) is 0 Å². The van der Waals surface area contributed by atoms with Crippen LogP contribution in [0.4, 0.5) is 0 Å². The van der Waals surface area contributed by atoms with Crippen LogP contribution in [-0.4, -0.2) is 3.21 Å². The number of halogens is 2. The maximum absolute atomic E-state index is 2.70. The first-order valence-corrected chi connectivity index (χ1v) is 17.2. The Kier molecular flexibility index (Phi) is 9.57. The van der Waals surface area contributed by atoms with Crippen molar-refractivity contribution in [2.24, 2.45) is 0 Å². The van der Waals surface area contributed by atoms with E-state index in [1.54, 1.807) is 16.7 Å². The van der Waals surface area contributed by atoms with Crippen molar-refractivity contribution in [3.63, 3.8) is 0 Å². The first kappa shape index (κ1) is 29.8. The molecule has 5 rings (SSSR count). The van der Waals surface area contributed by atoms with E-state index in [2.05, 4.69) is 90.1 Å². The summed E-state index contributed by atoms with van der Waals surface area (Å²) >= 11 is -2.13. The molecule has 0 amide bonds. The van der Waals surface area contributed by atoms with Gasteiger partial charge in [0.1, 0.15) is 0 Å². The van der Waals surface area contributed by atoms with Crippen LogP contribution in [0, 0.1) is 0 Å². The molecule has 1 fully saturated rings. The van der Waals surface area contributed by atoms with E-state index in [-0.39, 0.29) is 35.6 Å². The number of hydrogen-bond donors (Lipinski definition) is 0. The smallest absolute Gasteiger partial charge is 1.00 e. The maximum Gasteiger partial charge on any atom is -1.00 e. The second-order valence-electron chi connectivity index (χ2n) is 12.8. The van der Waals surface area contributed by atoms with E-state index in [1.807, 2.05) is 9.76 Å². The molecule has 3 aliphatic rings. The van der Waals surface area contributed by atoms with Gasteiger partial charge in [0.15, 0.2) is 0 Å². The van der Waals surface area contributed by atoms with Crippen molar-refractivity contribution in [3.05, 3.63) is 74.1 Å². The second-order valence-corrected chi connectivity index (χ2v) is 19.3. The Morgan fingerprint density at radius 3 is 1.94 bits per heavy atom. The van der Waals surface area contributed by atoms with Gasteiger partial charge in [-0.05, 0) is 0 Å². The molecular weight excluding hydrogens is 558 g/mol. The second kappa shape index (κ2) is 11.6. The summed E-state index contributed by atoms with van der Waals surface area (Å²) in [4.78, 5) is 0. The van der Waals surface area contributed by atoms with Crippen molar-refractivity contribution in [2.75, 3.05) is 0 Å². The molecule has 0 atom stereocenters. The Balaban J connectivity index is 0.00000180. The van der Waals surface area contributed by atoms with Gasteiger partial charge in [0.2, 0.25) is 0 Å². The van der Waals surface area contributed by atoms with Crippen LogP contribution in [-0.2, 0) is 38.5 Å². The topological polar surface area (TPSA) is 0 Å². The quantitative estimate of drug-likeness (QED) is 0.397. The Bertz CT molecular complexity index is 1210. The van der Waals surface area contributed by atoms with E-state index in [0.29, 0.717) is 0 Å². The molecule has 0 N–H and O–H groups in total. The first-order chi connectivity index (χ1) is 16.1. The SMILES string of the molecule is CC(C)(C)c1ccc2c(c1)-c1cc(C(C)(C)C)c[c]([Zr+2]([C]3=CC=CC3)=[C]3CCCCCC3)c1C2.[Cl-].[Cl-]. The normalized spacial score (nSPS) is 16.7. The van der Waals surface area contributed by atoms with Crippen LogP contribution >= 0.6 is 0 Å². The van der Waals surface area contributed by atoms with Gasteiger partial charge >= 0.3 is 217 Å². The average Bonchev–Trinajstić information content (AvgIpc) is 3.34. The van der Waals surface area contributed by atoms with Gasteiger partial charge in [-0.15, -0.1) is 0 Å². The molecule has 36 heavy (non-hydrogen) atoms. The summed E-state index contributed by atoms with van der Waals surface area (Å²) in [6.45, 7) is 14.2. The van der Waals surface area contributed by atoms with Crippen LogP contribution in [0.1, 0.15) is 109 Å². The van der Waals surface area contributed by atoms with Gasteiger partial charge in [0.05, 0.1) is 0 Å². The van der Waals surface area contributed by atoms with E-state index in [9.17, 15) is 0 Å².